The van der Waals surface area contributed by atoms with Gasteiger partial charge in [-0.15, -0.1) is 6.58 Å². The highest BCUT2D eigenvalue weighted by atomic mass is 32.2. The van der Waals surface area contributed by atoms with E-state index in [1.54, 1.807) is 4.31 Å². The van der Waals surface area contributed by atoms with Gasteiger partial charge in [-0.25, -0.2) is 8.42 Å². The van der Waals surface area contributed by atoms with E-state index in [2.05, 4.69) is 11.9 Å². The quantitative estimate of drug-likeness (QED) is 0.672. The second-order valence-corrected chi connectivity index (χ2v) is 5.94. The van der Waals surface area contributed by atoms with E-state index in [1.165, 1.54) is 6.08 Å². The lowest BCUT2D eigenvalue weighted by atomic mass is 9.96. The Morgan fingerprint density at radius 3 is 2.71 bits per heavy atom. The Kier molecular flexibility index (Phi) is 2.64. The summed E-state index contributed by atoms with van der Waals surface area (Å²) in [6.07, 6.45) is 3.56. The molecule has 2 unspecified atom stereocenters. The third kappa shape index (κ3) is 1.71. The predicted octanol–water partition coefficient (Wildman–Crippen LogP) is -0.0616. The molecule has 0 radical (unpaired) electrons. The lowest BCUT2D eigenvalue weighted by Gasteiger charge is -2.44. The molecule has 3 fully saturated rings. The third-order valence-corrected chi connectivity index (χ3v) is 4.80. The molecule has 0 aromatic heterocycles. The van der Waals surface area contributed by atoms with Crippen molar-refractivity contribution in [1.82, 2.24) is 9.62 Å². The molecular weight excluding hydrogens is 200 g/mol. The van der Waals surface area contributed by atoms with E-state index in [0.717, 1.165) is 19.4 Å². The first-order chi connectivity index (χ1) is 6.63. The summed E-state index contributed by atoms with van der Waals surface area (Å²) in [5, 5.41) is 3.33. The van der Waals surface area contributed by atoms with Crippen LogP contribution in [0.1, 0.15) is 12.8 Å². The standard InChI is InChI=1S/C9H16N2O2S/c1-2-5-14(12,13)11-7-8-3-4-9(11)6-10-8/h2,8-10H,1,3-7H2. The molecule has 14 heavy (non-hydrogen) atoms. The number of sulfonamides is 1. The summed E-state index contributed by atoms with van der Waals surface area (Å²) in [6, 6.07) is 0.532. The zero-order chi connectivity index (χ0) is 10.2. The maximum absolute atomic E-state index is 11.8. The number of piperazine rings is 1. The minimum Gasteiger partial charge on any atom is -0.311 e. The summed E-state index contributed by atoms with van der Waals surface area (Å²) < 4.78 is 25.3. The van der Waals surface area contributed by atoms with Crippen molar-refractivity contribution in [2.75, 3.05) is 18.8 Å². The van der Waals surface area contributed by atoms with Crippen LogP contribution in [0.25, 0.3) is 0 Å². The van der Waals surface area contributed by atoms with Crippen molar-refractivity contribution in [3.63, 3.8) is 0 Å². The molecule has 3 saturated heterocycles. The number of nitrogens with zero attached hydrogens (tertiary/aromatic N) is 1. The average molecular weight is 216 g/mol. The number of hydrogen-bond acceptors (Lipinski definition) is 3. The monoisotopic (exact) mass is 216 g/mol. The van der Waals surface area contributed by atoms with E-state index < -0.39 is 10.0 Å². The maximum Gasteiger partial charge on any atom is 0.218 e. The molecule has 2 atom stereocenters. The second-order valence-electron chi connectivity index (χ2n) is 3.97. The van der Waals surface area contributed by atoms with Gasteiger partial charge >= 0.3 is 0 Å². The van der Waals surface area contributed by atoms with Crippen molar-refractivity contribution >= 4 is 10.0 Å². The summed E-state index contributed by atoms with van der Waals surface area (Å²) in [7, 11) is -3.09. The van der Waals surface area contributed by atoms with Crippen LogP contribution in [0.5, 0.6) is 0 Å². The van der Waals surface area contributed by atoms with Crippen LogP contribution in [0.3, 0.4) is 0 Å². The number of piperidine rings is 2. The zero-order valence-electron chi connectivity index (χ0n) is 8.15. The molecule has 5 heteroatoms. The van der Waals surface area contributed by atoms with Crippen molar-refractivity contribution in [2.24, 2.45) is 0 Å². The van der Waals surface area contributed by atoms with Gasteiger partial charge < -0.3 is 5.32 Å². The van der Waals surface area contributed by atoms with Crippen LogP contribution in [-0.4, -0.2) is 43.6 Å². The second kappa shape index (κ2) is 3.64. The summed E-state index contributed by atoms with van der Waals surface area (Å²) >= 11 is 0. The highest BCUT2D eigenvalue weighted by Gasteiger charge is 2.39. The SMILES string of the molecule is C=CCS(=O)(=O)N1CC2CCC1CN2. The third-order valence-electron chi connectivity index (χ3n) is 2.98. The van der Waals surface area contributed by atoms with Crippen LogP contribution in [0.2, 0.25) is 0 Å². The topological polar surface area (TPSA) is 49.4 Å². The van der Waals surface area contributed by atoms with Gasteiger partial charge in [0.05, 0.1) is 5.75 Å². The van der Waals surface area contributed by atoms with Gasteiger partial charge in [0.1, 0.15) is 0 Å². The minimum atomic E-state index is -3.09. The summed E-state index contributed by atoms with van der Waals surface area (Å²) in [5.74, 6) is 0.0657. The number of fused-ring (bicyclic) bond motifs is 3. The Morgan fingerprint density at radius 1 is 1.50 bits per heavy atom. The zero-order valence-corrected chi connectivity index (χ0v) is 8.96. The molecule has 2 bridgehead atoms. The molecule has 4 nitrogen and oxygen atoms in total. The van der Waals surface area contributed by atoms with E-state index in [4.69, 9.17) is 0 Å². The average Bonchev–Trinajstić information content (AvgIpc) is 2.19. The minimum absolute atomic E-state index is 0.0657. The molecule has 0 amide bonds. The van der Waals surface area contributed by atoms with Gasteiger partial charge in [-0.3, -0.25) is 0 Å². The van der Waals surface area contributed by atoms with Crippen molar-refractivity contribution in [1.29, 1.82) is 0 Å². The molecular formula is C9H16N2O2S. The maximum atomic E-state index is 11.8. The predicted molar refractivity (Wildman–Crippen MR) is 55.5 cm³/mol. The summed E-state index contributed by atoms with van der Waals surface area (Å²) in [6.45, 7) is 4.93. The van der Waals surface area contributed by atoms with Gasteiger partial charge in [0.15, 0.2) is 0 Å². The molecule has 0 aliphatic carbocycles. The van der Waals surface area contributed by atoms with E-state index >= 15 is 0 Å². The lowest BCUT2D eigenvalue weighted by molar-refractivity contribution is 0.152. The van der Waals surface area contributed by atoms with Crippen LogP contribution in [0, 0.1) is 0 Å². The van der Waals surface area contributed by atoms with E-state index in [0.29, 0.717) is 12.6 Å². The Balaban J connectivity index is 2.15. The van der Waals surface area contributed by atoms with Crippen LogP contribution in [-0.2, 0) is 10.0 Å². The molecule has 1 N–H and O–H groups in total. The first-order valence-corrected chi connectivity index (χ1v) is 6.58. The molecule has 3 aliphatic heterocycles. The first kappa shape index (κ1) is 10.1. The van der Waals surface area contributed by atoms with Crippen LogP contribution in [0.15, 0.2) is 12.7 Å². The van der Waals surface area contributed by atoms with Gasteiger partial charge in [-0.1, -0.05) is 6.08 Å². The lowest BCUT2D eigenvalue weighted by Crippen LogP contribution is -2.62. The van der Waals surface area contributed by atoms with Gasteiger partial charge in [-0.2, -0.15) is 4.31 Å². The number of nitrogens with one attached hydrogen (secondary N) is 1. The van der Waals surface area contributed by atoms with E-state index in [1.807, 2.05) is 0 Å². The molecule has 3 heterocycles. The first-order valence-electron chi connectivity index (χ1n) is 4.97. The smallest absolute Gasteiger partial charge is 0.218 e. The van der Waals surface area contributed by atoms with Crippen molar-refractivity contribution in [3.05, 3.63) is 12.7 Å². The Labute approximate surface area is 85.0 Å². The van der Waals surface area contributed by atoms with Gasteiger partial charge in [-0.05, 0) is 12.8 Å². The number of rotatable bonds is 3. The molecule has 0 saturated carbocycles. The van der Waals surface area contributed by atoms with E-state index in [9.17, 15) is 8.42 Å². The van der Waals surface area contributed by atoms with Gasteiger partial charge in [0.25, 0.3) is 0 Å². The van der Waals surface area contributed by atoms with Crippen LogP contribution in [0.4, 0.5) is 0 Å². The fourth-order valence-electron chi connectivity index (χ4n) is 2.25. The molecule has 0 aromatic carbocycles. The van der Waals surface area contributed by atoms with Crippen LogP contribution < -0.4 is 5.32 Å². The highest BCUT2D eigenvalue weighted by Crippen LogP contribution is 2.24. The highest BCUT2D eigenvalue weighted by molar-refractivity contribution is 7.89. The van der Waals surface area contributed by atoms with Gasteiger partial charge in [0, 0.05) is 25.2 Å². The van der Waals surface area contributed by atoms with E-state index in [-0.39, 0.29) is 11.8 Å². The molecule has 3 rings (SSSR count). The summed E-state index contributed by atoms with van der Waals surface area (Å²) in [4.78, 5) is 0. The Bertz CT molecular complexity index is 318. The molecule has 0 aromatic rings. The fraction of sp³-hybridized carbons (Fsp3) is 0.778. The largest absolute Gasteiger partial charge is 0.311 e. The Hall–Kier alpha value is -0.390. The molecule has 3 aliphatic rings. The van der Waals surface area contributed by atoms with Crippen molar-refractivity contribution in [3.8, 4) is 0 Å². The van der Waals surface area contributed by atoms with Gasteiger partial charge in [0.2, 0.25) is 10.0 Å². The fourth-order valence-corrected chi connectivity index (χ4v) is 3.78. The summed E-state index contributed by atoms with van der Waals surface area (Å²) in [5.41, 5.74) is 0. The Morgan fingerprint density at radius 2 is 2.29 bits per heavy atom. The normalized spacial score (nSPS) is 33.1. The van der Waals surface area contributed by atoms with Crippen molar-refractivity contribution < 1.29 is 8.42 Å². The van der Waals surface area contributed by atoms with Crippen LogP contribution >= 0.6 is 0 Å². The molecule has 80 valence electrons. The molecule has 0 spiro atoms. The number of hydrogen-bond donors (Lipinski definition) is 1. The van der Waals surface area contributed by atoms with Crippen molar-refractivity contribution in [2.45, 2.75) is 24.9 Å².